The van der Waals surface area contributed by atoms with Gasteiger partial charge in [-0.15, -0.1) is 0 Å². The predicted molar refractivity (Wildman–Crippen MR) is 54.3 cm³/mol. The average molecular weight is 211 g/mol. The number of hydrogen-bond acceptors (Lipinski definition) is 5. The summed E-state index contributed by atoms with van der Waals surface area (Å²) in [5.41, 5.74) is 5.41. The third kappa shape index (κ3) is 3.00. The fourth-order valence-corrected chi connectivity index (χ4v) is 1.82. The van der Waals surface area contributed by atoms with Gasteiger partial charge in [0.2, 0.25) is 5.89 Å². The zero-order valence-corrected chi connectivity index (χ0v) is 8.82. The van der Waals surface area contributed by atoms with Crippen molar-refractivity contribution in [3.63, 3.8) is 0 Å². The van der Waals surface area contributed by atoms with Crippen LogP contribution in [0.3, 0.4) is 0 Å². The molecular formula is C10H17N3O2. The van der Waals surface area contributed by atoms with E-state index < -0.39 is 0 Å². The van der Waals surface area contributed by atoms with E-state index in [1.54, 1.807) is 0 Å². The van der Waals surface area contributed by atoms with Crippen molar-refractivity contribution in [2.75, 3.05) is 19.8 Å². The van der Waals surface area contributed by atoms with Gasteiger partial charge in [-0.2, -0.15) is 4.98 Å². The van der Waals surface area contributed by atoms with Gasteiger partial charge >= 0.3 is 0 Å². The monoisotopic (exact) mass is 211 g/mol. The summed E-state index contributed by atoms with van der Waals surface area (Å²) in [4.78, 5) is 4.28. The van der Waals surface area contributed by atoms with Gasteiger partial charge in [0.1, 0.15) is 0 Å². The van der Waals surface area contributed by atoms with E-state index in [9.17, 15) is 0 Å². The smallest absolute Gasteiger partial charge is 0.227 e. The van der Waals surface area contributed by atoms with Crippen LogP contribution in [0.15, 0.2) is 4.52 Å². The molecule has 1 saturated heterocycles. The van der Waals surface area contributed by atoms with E-state index in [4.69, 9.17) is 15.0 Å². The van der Waals surface area contributed by atoms with Crippen LogP contribution in [0.25, 0.3) is 0 Å². The Labute approximate surface area is 89.0 Å². The maximum Gasteiger partial charge on any atom is 0.227 e. The SMILES string of the molecule is NCCc1nc(CC2CCCOC2)no1. The number of rotatable bonds is 4. The Balaban J connectivity index is 1.86. The van der Waals surface area contributed by atoms with Gasteiger partial charge in [0, 0.05) is 32.6 Å². The molecule has 0 bridgehead atoms. The summed E-state index contributed by atoms with van der Waals surface area (Å²) in [5, 5.41) is 3.93. The van der Waals surface area contributed by atoms with Crippen molar-refractivity contribution in [3.8, 4) is 0 Å². The predicted octanol–water partition coefficient (Wildman–Crippen LogP) is 0.540. The zero-order chi connectivity index (χ0) is 10.5. The molecule has 5 nitrogen and oxygen atoms in total. The maximum absolute atomic E-state index is 5.41. The van der Waals surface area contributed by atoms with Crippen LogP contribution in [-0.2, 0) is 17.6 Å². The van der Waals surface area contributed by atoms with E-state index in [1.165, 1.54) is 6.42 Å². The second-order valence-electron chi connectivity index (χ2n) is 3.93. The van der Waals surface area contributed by atoms with Crippen LogP contribution in [0.2, 0.25) is 0 Å². The Morgan fingerprint density at radius 3 is 3.13 bits per heavy atom. The highest BCUT2D eigenvalue weighted by Crippen LogP contribution is 2.17. The first-order valence-electron chi connectivity index (χ1n) is 5.47. The third-order valence-corrected chi connectivity index (χ3v) is 2.59. The molecule has 1 aromatic rings. The van der Waals surface area contributed by atoms with Gasteiger partial charge in [-0.05, 0) is 18.8 Å². The lowest BCUT2D eigenvalue weighted by atomic mass is 9.98. The number of ether oxygens (including phenoxy) is 1. The first-order valence-corrected chi connectivity index (χ1v) is 5.47. The van der Waals surface area contributed by atoms with Gasteiger partial charge in [-0.25, -0.2) is 0 Å². The van der Waals surface area contributed by atoms with Crippen LogP contribution >= 0.6 is 0 Å². The van der Waals surface area contributed by atoms with Gasteiger partial charge in [0.05, 0.1) is 0 Å². The number of hydrogen-bond donors (Lipinski definition) is 1. The summed E-state index contributed by atoms with van der Waals surface area (Å²) in [6, 6.07) is 0. The molecule has 0 spiro atoms. The van der Waals surface area contributed by atoms with Gasteiger partial charge in [-0.1, -0.05) is 5.16 Å². The number of nitrogens with zero attached hydrogens (tertiary/aromatic N) is 2. The Kier molecular flexibility index (Phi) is 3.69. The summed E-state index contributed by atoms with van der Waals surface area (Å²) in [6.07, 6.45) is 3.85. The summed E-state index contributed by atoms with van der Waals surface area (Å²) in [7, 11) is 0. The highest BCUT2D eigenvalue weighted by molar-refractivity contribution is 4.89. The van der Waals surface area contributed by atoms with E-state index in [1.807, 2.05) is 0 Å². The summed E-state index contributed by atoms with van der Waals surface area (Å²) in [5.74, 6) is 1.97. The van der Waals surface area contributed by atoms with E-state index >= 15 is 0 Å². The molecule has 1 atom stereocenters. The second kappa shape index (κ2) is 5.23. The van der Waals surface area contributed by atoms with Gasteiger partial charge < -0.3 is 15.0 Å². The van der Waals surface area contributed by atoms with Crippen LogP contribution in [0, 0.1) is 5.92 Å². The molecule has 2 rings (SSSR count). The highest BCUT2D eigenvalue weighted by atomic mass is 16.5. The van der Waals surface area contributed by atoms with E-state index in [2.05, 4.69) is 10.1 Å². The molecule has 0 aliphatic carbocycles. The van der Waals surface area contributed by atoms with Crippen molar-refractivity contribution >= 4 is 0 Å². The van der Waals surface area contributed by atoms with E-state index in [0.717, 1.165) is 31.9 Å². The molecule has 0 saturated carbocycles. The summed E-state index contributed by atoms with van der Waals surface area (Å²) >= 11 is 0. The molecule has 1 aliphatic rings. The lowest BCUT2D eigenvalue weighted by Gasteiger charge is -2.20. The molecule has 2 N–H and O–H groups in total. The zero-order valence-electron chi connectivity index (χ0n) is 8.82. The van der Waals surface area contributed by atoms with Gasteiger partial charge in [0.15, 0.2) is 5.82 Å². The van der Waals surface area contributed by atoms with E-state index in [0.29, 0.717) is 24.8 Å². The minimum Gasteiger partial charge on any atom is -0.381 e. The highest BCUT2D eigenvalue weighted by Gasteiger charge is 2.17. The molecule has 15 heavy (non-hydrogen) atoms. The van der Waals surface area contributed by atoms with Gasteiger partial charge in [0.25, 0.3) is 0 Å². The topological polar surface area (TPSA) is 74.2 Å². The van der Waals surface area contributed by atoms with Crippen LogP contribution in [-0.4, -0.2) is 29.9 Å². The molecular weight excluding hydrogens is 194 g/mol. The largest absolute Gasteiger partial charge is 0.381 e. The van der Waals surface area contributed by atoms with Crippen molar-refractivity contribution in [2.45, 2.75) is 25.7 Å². The quantitative estimate of drug-likeness (QED) is 0.786. The first kappa shape index (κ1) is 10.6. The molecule has 2 heterocycles. The Hall–Kier alpha value is -0.940. The van der Waals surface area contributed by atoms with Crippen molar-refractivity contribution in [1.82, 2.24) is 10.1 Å². The maximum atomic E-state index is 5.41. The van der Waals surface area contributed by atoms with Crippen LogP contribution in [0.4, 0.5) is 0 Å². The van der Waals surface area contributed by atoms with Crippen molar-refractivity contribution in [1.29, 1.82) is 0 Å². The van der Waals surface area contributed by atoms with Crippen molar-refractivity contribution in [3.05, 3.63) is 11.7 Å². The summed E-state index contributed by atoms with van der Waals surface area (Å²) < 4.78 is 10.5. The molecule has 1 unspecified atom stereocenters. The van der Waals surface area contributed by atoms with Crippen molar-refractivity contribution < 1.29 is 9.26 Å². The molecule has 0 radical (unpaired) electrons. The molecule has 84 valence electrons. The molecule has 0 aromatic carbocycles. The van der Waals surface area contributed by atoms with Crippen LogP contribution in [0.5, 0.6) is 0 Å². The van der Waals surface area contributed by atoms with Gasteiger partial charge in [-0.3, -0.25) is 0 Å². The lowest BCUT2D eigenvalue weighted by Crippen LogP contribution is -2.19. The fraction of sp³-hybridized carbons (Fsp3) is 0.800. The van der Waals surface area contributed by atoms with Crippen LogP contribution < -0.4 is 5.73 Å². The van der Waals surface area contributed by atoms with E-state index in [-0.39, 0.29) is 0 Å². The summed E-state index contributed by atoms with van der Waals surface area (Å²) in [6.45, 7) is 2.26. The number of aromatic nitrogens is 2. The normalized spacial score (nSPS) is 21.8. The molecule has 5 heteroatoms. The molecule has 1 fully saturated rings. The Morgan fingerprint density at radius 2 is 2.40 bits per heavy atom. The lowest BCUT2D eigenvalue weighted by molar-refractivity contribution is 0.0541. The minimum absolute atomic E-state index is 0.544. The van der Waals surface area contributed by atoms with Crippen molar-refractivity contribution in [2.24, 2.45) is 11.7 Å². The Morgan fingerprint density at radius 1 is 1.47 bits per heavy atom. The van der Waals surface area contributed by atoms with Crippen LogP contribution in [0.1, 0.15) is 24.6 Å². The first-order chi connectivity index (χ1) is 7.38. The minimum atomic E-state index is 0.544. The molecule has 0 amide bonds. The fourth-order valence-electron chi connectivity index (χ4n) is 1.82. The molecule has 1 aromatic heterocycles. The average Bonchev–Trinajstić information content (AvgIpc) is 2.68. The molecule has 1 aliphatic heterocycles. The second-order valence-corrected chi connectivity index (χ2v) is 3.93. The third-order valence-electron chi connectivity index (χ3n) is 2.59. The Bertz CT molecular complexity index is 295. The number of nitrogens with two attached hydrogens (primary N) is 1. The standard InChI is InChI=1S/C10H17N3O2/c11-4-3-10-12-9(13-15-10)6-8-2-1-5-14-7-8/h8H,1-7,11H2.